The van der Waals surface area contributed by atoms with Crippen molar-refractivity contribution in [2.45, 2.75) is 26.4 Å². The summed E-state index contributed by atoms with van der Waals surface area (Å²) in [5.41, 5.74) is 1.40. The molecular formula is C14H23ClN2+2. The van der Waals surface area contributed by atoms with E-state index < -0.39 is 0 Å². The van der Waals surface area contributed by atoms with Gasteiger partial charge in [0, 0.05) is 10.6 Å². The molecular weight excluding hydrogens is 232 g/mol. The molecule has 3 heteroatoms. The maximum atomic E-state index is 5.90. The van der Waals surface area contributed by atoms with Gasteiger partial charge in [0.05, 0.1) is 6.04 Å². The molecule has 1 aromatic carbocycles. The van der Waals surface area contributed by atoms with E-state index in [-0.39, 0.29) is 0 Å². The Morgan fingerprint density at radius 2 is 1.65 bits per heavy atom. The van der Waals surface area contributed by atoms with Crippen molar-refractivity contribution in [2.24, 2.45) is 0 Å². The Morgan fingerprint density at radius 1 is 1.06 bits per heavy atom. The van der Waals surface area contributed by atoms with Crippen LogP contribution in [0.2, 0.25) is 5.02 Å². The number of nitrogens with one attached hydrogen (secondary N) is 2. The highest BCUT2D eigenvalue weighted by atomic mass is 35.5. The third kappa shape index (κ3) is 3.70. The third-order valence-electron chi connectivity index (χ3n) is 3.78. The lowest BCUT2D eigenvalue weighted by molar-refractivity contribution is -1.03. The van der Waals surface area contributed by atoms with Crippen LogP contribution in [0.3, 0.4) is 0 Å². The van der Waals surface area contributed by atoms with Crippen LogP contribution < -0.4 is 9.80 Å². The summed E-state index contributed by atoms with van der Waals surface area (Å²) in [6, 6.07) is 9.05. The average Bonchev–Trinajstić information content (AvgIpc) is 2.33. The van der Waals surface area contributed by atoms with Gasteiger partial charge < -0.3 is 9.80 Å². The van der Waals surface area contributed by atoms with Crippen LogP contribution in [0.1, 0.15) is 19.4 Å². The molecule has 0 amide bonds. The zero-order chi connectivity index (χ0) is 12.3. The molecule has 1 fully saturated rings. The van der Waals surface area contributed by atoms with E-state index in [1.54, 1.807) is 9.80 Å². The molecule has 0 bridgehead atoms. The van der Waals surface area contributed by atoms with E-state index in [1.165, 1.54) is 31.7 Å². The van der Waals surface area contributed by atoms with Gasteiger partial charge in [-0.15, -0.1) is 0 Å². The van der Waals surface area contributed by atoms with Crippen LogP contribution in [-0.4, -0.2) is 32.2 Å². The summed E-state index contributed by atoms with van der Waals surface area (Å²) in [7, 11) is 0. The average molecular weight is 255 g/mol. The number of benzene rings is 1. The van der Waals surface area contributed by atoms with Gasteiger partial charge in [-0.1, -0.05) is 23.7 Å². The SMILES string of the molecule is CC(C)[NH+]1CC[NH+](Cc2ccc(Cl)cc2)CC1. The first-order valence-corrected chi connectivity index (χ1v) is 6.95. The fraction of sp³-hybridized carbons (Fsp3) is 0.571. The maximum Gasteiger partial charge on any atom is 0.127 e. The molecule has 94 valence electrons. The van der Waals surface area contributed by atoms with Gasteiger partial charge in [0.25, 0.3) is 0 Å². The predicted octanol–water partition coefficient (Wildman–Crippen LogP) is 0.0318. The lowest BCUT2D eigenvalue weighted by Crippen LogP contribution is -3.28. The lowest BCUT2D eigenvalue weighted by Gasteiger charge is -2.32. The molecule has 0 saturated carbocycles. The Kier molecular flexibility index (Phi) is 4.43. The summed E-state index contributed by atoms with van der Waals surface area (Å²) in [6.07, 6.45) is 0. The molecule has 0 aliphatic carbocycles. The molecule has 0 atom stereocenters. The van der Waals surface area contributed by atoms with E-state index in [4.69, 9.17) is 11.6 Å². The molecule has 2 N–H and O–H groups in total. The molecule has 1 aliphatic heterocycles. The smallest absolute Gasteiger partial charge is 0.127 e. The second kappa shape index (κ2) is 5.85. The van der Waals surface area contributed by atoms with Gasteiger partial charge in [-0.25, -0.2) is 0 Å². The van der Waals surface area contributed by atoms with Crippen LogP contribution in [-0.2, 0) is 6.54 Å². The van der Waals surface area contributed by atoms with Gasteiger partial charge in [0.1, 0.15) is 32.7 Å². The van der Waals surface area contributed by atoms with Crippen molar-refractivity contribution in [3.8, 4) is 0 Å². The fourth-order valence-corrected chi connectivity index (χ4v) is 2.70. The van der Waals surface area contributed by atoms with Crippen LogP contribution >= 0.6 is 11.6 Å². The largest absolute Gasteiger partial charge is 0.324 e. The van der Waals surface area contributed by atoms with E-state index in [2.05, 4.69) is 26.0 Å². The molecule has 17 heavy (non-hydrogen) atoms. The van der Waals surface area contributed by atoms with E-state index in [9.17, 15) is 0 Å². The first-order valence-electron chi connectivity index (χ1n) is 6.58. The second-order valence-electron chi connectivity index (χ2n) is 5.37. The topological polar surface area (TPSA) is 8.88 Å². The van der Waals surface area contributed by atoms with Crippen molar-refractivity contribution < 1.29 is 9.80 Å². The molecule has 1 aromatic rings. The third-order valence-corrected chi connectivity index (χ3v) is 4.04. The van der Waals surface area contributed by atoms with Crippen LogP contribution in [0.15, 0.2) is 24.3 Å². The highest BCUT2D eigenvalue weighted by Gasteiger charge is 2.24. The second-order valence-corrected chi connectivity index (χ2v) is 5.80. The van der Waals surface area contributed by atoms with Gasteiger partial charge in [-0.05, 0) is 26.0 Å². The van der Waals surface area contributed by atoms with Crippen molar-refractivity contribution in [3.05, 3.63) is 34.9 Å². The number of quaternary nitrogens is 2. The molecule has 0 aromatic heterocycles. The normalized spacial score (nSPS) is 25.2. The summed E-state index contributed by atoms with van der Waals surface area (Å²) >= 11 is 5.90. The van der Waals surface area contributed by atoms with Crippen LogP contribution in [0.4, 0.5) is 0 Å². The Morgan fingerprint density at radius 3 is 2.18 bits per heavy atom. The minimum absolute atomic E-state index is 0.770. The molecule has 0 radical (unpaired) electrons. The minimum atomic E-state index is 0.770. The number of rotatable bonds is 3. The minimum Gasteiger partial charge on any atom is -0.324 e. The Bertz CT molecular complexity index is 340. The zero-order valence-electron chi connectivity index (χ0n) is 10.8. The van der Waals surface area contributed by atoms with E-state index in [0.29, 0.717) is 0 Å². The number of hydrogen-bond donors (Lipinski definition) is 2. The molecule has 0 unspecified atom stereocenters. The summed E-state index contributed by atoms with van der Waals surface area (Å²) in [5.74, 6) is 0. The maximum absolute atomic E-state index is 5.90. The molecule has 2 rings (SSSR count). The van der Waals surface area contributed by atoms with Gasteiger partial charge >= 0.3 is 0 Å². The summed E-state index contributed by atoms with van der Waals surface area (Å²) in [4.78, 5) is 3.46. The van der Waals surface area contributed by atoms with Gasteiger partial charge in [0.2, 0.25) is 0 Å². The Hall–Kier alpha value is -0.570. The Labute approximate surface area is 109 Å². The zero-order valence-corrected chi connectivity index (χ0v) is 11.6. The van der Waals surface area contributed by atoms with Crippen molar-refractivity contribution in [1.82, 2.24) is 0 Å². The van der Waals surface area contributed by atoms with Crippen molar-refractivity contribution >= 4 is 11.6 Å². The molecule has 2 nitrogen and oxygen atoms in total. The quantitative estimate of drug-likeness (QED) is 0.754. The first-order chi connectivity index (χ1) is 8.15. The summed E-state index contributed by atoms with van der Waals surface area (Å²) in [6.45, 7) is 11.0. The van der Waals surface area contributed by atoms with E-state index in [0.717, 1.165) is 17.6 Å². The first kappa shape index (κ1) is 12.9. The lowest BCUT2D eigenvalue weighted by atomic mass is 10.2. The standard InChI is InChI=1S/C14H21ClN2/c1-12(2)17-9-7-16(8-10-17)11-13-3-5-14(15)6-4-13/h3-6,12H,7-11H2,1-2H3/p+2. The Balaban J connectivity index is 1.84. The highest BCUT2D eigenvalue weighted by Crippen LogP contribution is 2.08. The van der Waals surface area contributed by atoms with Gasteiger partial charge in [-0.2, -0.15) is 0 Å². The van der Waals surface area contributed by atoms with Crippen LogP contribution in [0.5, 0.6) is 0 Å². The van der Waals surface area contributed by atoms with Crippen molar-refractivity contribution in [3.63, 3.8) is 0 Å². The predicted molar refractivity (Wildman–Crippen MR) is 71.7 cm³/mol. The van der Waals surface area contributed by atoms with Crippen molar-refractivity contribution in [2.75, 3.05) is 26.2 Å². The number of halogens is 1. The molecule has 1 aliphatic rings. The van der Waals surface area contributed by atoms with E-state index in [1.807, 2.05) is 12.1 Å². The molecule has 1 saturated heterocycles. The number of hydrogen-bond acceptors (Lipinski definition) is 0. The van der Waals surface area contributed by atoms with Gasteiger partial charge in [0.15, 0.2) is 0 Å². The van der Waals surface area contributed by atoms with Crippen molar-refractivity contribution in [1.29, 1.82) is 0 Å². The molecule has 0 spiro atoms. The van der Waals surface area contributed by atoms with Crippen LogP contribution in [0, 0.1) is 0 Å². The molecule has 1 heterocycles. The number of piperazine rings is 1. The van der Waals surface area contributed by atoms with E-state index >= 15 is 0 Å². The van der Waals surface area contributed by atoms with Crippen LogP contribution in [0.25, 0.3) is 0 Å². The summed E-state index contributed by atoms with van der Waals surface area (Å²) < 4.78 is 0. The monoisotopic (exact) mass is 254 g/mol. The van der Waals surface area contributed by atoms with Gasteiger partial charge in [-0.3, -0.25) is 0 Å². The highest BCUT2D eigenvalue weighted by molar-refractivity contribution is 6.30. The summed E-state index contributed by atoms with van der Waals surface area (Å²) in [5, 5.41) is 0.831. The fourth-order valence-electron chi connectivity index (χ4n) is 2.57.